The Morgan fingerprint density at radius 1 is 1.10 bits per heavy atom. The Balaban J connectivity index is 2.09. The van der Waals surface area contributed by atoms with Crippen LogP contribution in [0, 0.1) is 23.5 Å². The van der Waals surface area contributed by atoms with Crippen molar-refractivity contribution >= 4 is 0 Å². The van der Waals surface area contributed by atoms with Crippen LogP contribution in [0.2, 0.25) is 0 Å². The lowest BCUT2D eigenvalue weighted by Gasteiger charge is -2.07. The Morgan fingerprint density at radius 3 is 2.70 bits per heavy atom. The second-order valence-electron chi connectivity index (χ2n) is 3.99. The van der Waals surface area contributed by atoms with Gasteiger partial charge in [-0.2, -0.15) is 0 Å². The molecule has 20 heavy (non-hydrogen) atoms. The monoisotopic (exact) mass is 274 g/mol. The zero-order chi connectivity index (χ0) is 14.4. The van der Waals surface area contributed by atoms with E-state index in [1.165, 1.54) is 12.1 Å². The highest BCUT2D eigenvalue weighted by atomic mass is 19.2. The van der Waals surface area contributed by atoms with Crippen LogP contribution in [0.3, 0.4) is 0 Å². The minimum atomic E-state index is -0.899. The van der Waals surface area contributed by atoms with Crippen molar-refractivity contribution in [3.8, 4) is 17.6 Å². The largest absolute Gasteiger partial charge is 0.489 e. The van der Waals surface area contributed by atoms with Gasteiger partial charge in [-0.25, -0.2) is 8.78 Å². The summed E-state index contributed by atoms with van der Waals surface area (Å²) in [6.07, 6.45) is 0. The van der Waals surface area contributed by atoms with Crippen LogP contribution in [0.15, 0.2) is 42.5 Å². The molecule has 0 unspecified atom stereocenters. The molecule has 0 amide bonds. The molecule has 2 aromatic carbocycles. The molecule has 0 saturated heterocycles. The first-order valence-electron chi connectivity index (χ1n) is 5.96. The van der Waals surface area contributed by atoms with Crippen molar-refractivity contribution < 1.29 is 18.6 Å². The average Bonchev–Trinajstić information content (AvgIpc) is 2.47. The molecular weight excluding hydrogens is 262 g/mol. The SMILES string of the molecule is OCC#Cc1cccc(OCc2cccc(F)c2F)c1. The fraction of sp³-hybridized carbons (Fsp3) is 0.125. The summed E-state index contributed by atoms with van der Waals surface area (Å²) in [5, 5.41) is 8.62. The van der Waals surface area contributed by atoms with Crippen LogP contribution in [0.5, 0.6) is 5.75 Å². The van der Waals surface area contributed by atoms with E-state index in [-0.39, 0.29) is 18.8 Å². The summed E-state index contributed by atoms with van der Waals surface area (Å²) in [6.45, 7) is -0.292. The molecule has 102 valence electrons. The molecular formula is C16H12F2O2. The summed E-state index contributed by atoms with van der Waals surface area (Å²) in [5.41, 5.74) is 0.827. The Bertz CT molecular complexity index is 657. The molecule has 0 radical (unpaired) electrons. The number of halogens is 2. The van der Waals surface area contributed by atoms with E-state index in [0.29, 0.717) is 11.3 Å². The Hall–Kier alpha value is -2.38. The predicted octanol–water partition coefficient (Wildman–Crippen LogP) is 2.89. The maximum absolute atomic E-state index is 13.4. The summed E-state index contributed by atoms with van der Waals surface area (Å²) < 4.78 is 31.9. The Morgan fingerprint density at radius 2 is 1.90 bits per heavy atom. The number of benzene rings is 2. The van der Waals surface area contributed by atoms with Gasteiger partial charge in [-0.15, -0.1) is 0 Å². The summed E-state index contributed by atoms with van der Waals surface area (Å²) in [4.78, 5) is 0. The number of aliphatic hydroxyl groups excluding tert-OH is 1. The van der Waals surface area contributed by atoms with Gasteiger partial charge in [-0.1, -0.05) is 30.0 Å². The maximum Gasteiger partial charge on any atom is 0.165 e. The van der Waals surface area contributed by atoms with E-state index < -0.39 is 11.6 Å². The number of ether oxygens (including phenoxy) is 1. The molecule has 2 rings (SSSR count). The van der Waals surface area contributed by atoms with Crippen molar-refractivity contribution in [2.75, 3.05) is 6.61 Å². The lowest BCUT2D eigenvalue weighted by molar-refractivity contribution is 0.297. The first kappa shape index (κ1) is 14.0. The summed E-state index contributed by atoms with van der Waals surface area (Å²) in [7, 11) is 0. The molecule has 2 nitrogen and oxygen atoms in total. The predicted molar refractivity (Wildman–Crippen MR) is 71.1 cm³/mol. The van der Waals surface area contributed by atoms with Crippen LogP contribution < -0.4 is 4.74 Å². The maximum atomic E-state index is 13.4. The molecule has 0 atom stereocenters. The van der Waals surface area contributed by atoms with E-state index in [1.54, 1.807) is 24.3 Å². The molecule has 1 N–H and O–H groups in total. The Labute approximate surface area is 115 Å². The van der Waals surface area contributed by atoms with Crippen molar-refractivity contribution in [1.29, 1.82) is 0 Å². The van der Waals surface area contributed by atoms with Gasteiger partial charge in [0.2, 0.25) is 0 Å². The molecule has 0 heterocycles. The van der Waals surface area contributed by atoms with Gasteiger partial charge >= 0.3 is 0 Å². The fourth-order valence-electron chi connectivity index (χ4n) is 1.63. The third-order valence-corrected chi connectivity index (χ3v) is 2.57. The van der Waals surface area contributed by atoms with E-state index in [1.807, 2.05) is 0 Å². The van der Waals surface area contributed by atoms with Gasteiger partial charge in [0.05, 0.1) is 0 Å². The number of hydrogen-bond donors (Lipinski definition) is 1. The van der Waals surface area contributed by atoms with Gasteiger partial charge in [0.25, 0.3) is 0 Å². The molecule has 2 aromatic rings. The molecule has 0 fully saturated rings. The summed E-state index contributed by atoms with van der Waals surface area (Å²) in [6, 6.07) is 10.8. The number of rotatable bonds is 3. The zero-order valence-electron chi connectivity index (χ0n) is 10.6. The third kappa shape index (κ3) is 3.56. The van der Waals surface area contributed by atoms with Crippen LogP contribution in [-0.4, -0.2) is 11.7 Å². The van der Waals surface area contributed by atoms with Crippen LogP contribution >= 0.6 is 0 Å². The van der Waals surface area contributed by atoms with Crippen molar-refractivity contribution in [2.45, 2.75) is 6.61 Å². The van der Waals surface area contributed by atoms with Crippen LogP contribution in [0.25, 0.3) is 0 Å². The average molecular weight is 274 g/mol. The minimum Gasteiger partial charge on any atom is -0.489 e. The summed E-state index contributed by atoms with van der Waals surface area (Å²) >= 11 is 0. The highest BCUT2D eigenvalue weighted by Crippen LogP contribution is 2.17. The second kappa shape index (κ2) is 6.69. The van der Waals surface area contributed by atoms with E-state index in [9.17, 15) is 8.78 Å². The standard InChI is InChI=1S/C16H12F2O2/c17-15-8-2-6-13(16(15)18)11-20-14-7-1-4-12(10-14)5-3-9-19/h1-2,4,6-8,10,19H,9,11H2. The van der Waals surface area contributed by atoms with Crippen molar-refractivity contribution in [3.63, 3.8) is 0 Å². The molecule has 0 aliphatic heterocycles. The van der Waals surface area contributed by atoms with E-state index in [4.69, 9.17) is 9.84 Å². The van der Waals surface area contributed by atoms with Crippen molar-refractivity contribution in [2.24, 2.45) is 0 Å². The lowest BCUT2D eigenvalue weighted by Crippen LogP contribution is -2.00. The summed E-state index contributed by atoms with van der Waals surface area (Å²) in [5.74, 6) is 3.97. The van der Waals surface area contributed by atoms with E-state index >= 15 is 0 Å². The highest BCUT2D eigenvalue weighted by molar-refractivity contribution is 5.39. The normalized spacial score (nSPS) is 9.75. The molecule has 0 aliphatic rings. The smallest absolute Gasteiger partial charge is 0.165 e. The second-order valence-corrected chi connectivity index (χ2v) is 3.99. The molecule has 0 bridgehead atoms. The molecule has 0 spiro atoms. The van der Waals surface area contributed by atoms with Crippen molar-refractivity contribution in [1.82, 2.24) is 0 Å². The number of hydrogen-bond acceptors (Lipinski definition) is 2. The van der Waals surface area contributed by atoms with E-state index in [0.717, 1.165) is 6.07 Å². The first-order chi connectivity index (χ1) is 9.70. The minimum absolute atomic E-state index is 0.0690. The van der Waals surface area contributed by atoms with E-state index in [2.05, 4.69) is 11.8 Å². The molecule has 4 heteroatoms. The van der Waals surface area contributed by atoms with Gasteiger partial charge < -0.3 is 9.84 Å². The van der Waals surface area contributed by atoms with Crippen LogP contribution in [0.1, 0.15) is 11.1 Å². The van der Waals surface area contributed by atoms with Gasteiger partial charge in [-0.3, -0.25) is 0 Å². The molecule has 0 aliphatic carbocycles. The van der Waals surface area contributed by atoms with Crippen molar-refractivity contribution in [3.05, 3.63) is 65.2 Å². The highest BCUT2D eigenvalue weighted by Gasteiger charge is 2.07. The quantitative estimate of drug-likeness (QED) is 0.872. The van der Waals surface area contributed by atoms with Gasteiger partial charge in [0, 0.05) is 11.1 Å². The first-order valence-corrected chi connectivity index (χ1v) is 5.96. The topological polar surface area (TPSA) is 29.5 Å². The van der Waals surface area contributed by atoms with Gasteiger partial charge in [-0.05, 0) is 24.3 Å². The van der Waals surface area contributed by atoms with Crippen LogP contribution in [0.4, 0.5) is 8.78 Å². The van der Waals surface area contributed by atoms with Gasteiger partial charge in [0.15, 0.2) is 11.6 Å². The Kier molecular flexibility index (Phi) is 4.70. The molecule has 0 saturated carbocycles. The zero-order valence-corrected chi connectivity index (χ0v) is 10.6. The molecule has 0 aromatic heterocycles. The lowest BCUT2D eigenvalue weighted by atomic mass is 10.2. The fourth-order valence-corrected chi connectivity index (χ4v) is 1.63. The number of aliphatic hydroxyl groups is 1. The van der Waals surface area contributed by atoms with Gasteiger partial charge in [0.1, 0.15) is 19.0 Å². The van der Waals surface area contributed by atoms with Crippen LogP contribution in [-0.2, 0) is 6.61 Å². The third-order valence-electron chi connectivity index (χ3n) is 2.57.